The second-order valence-electron chi connectivity index (χ2n) is 7.14. The van der Waals surface area contributed by atoms with Crippen LogP contribution in [-0.4, -0.2) is 12.5 Å². The van der Waals surface area contributed by atoms with Gasteiger partial charge in [0.1, 0.15) is 17.2 Å². The summed E-state index contributed by atoms with van der Waals surface area (Å²) in [7, 11) is 0. The van der Waals surface area contributed by atoms with E-state index in [0.29, 0.717) is 12.3 Å². The van der Waals surface area contributed by atoms with Crippen LogP contribution in [0.4, 0.5) is 11.4 Å². The summed E-state index contributed by atoms with van der Waals surface area (Å²) < 4.78 is 11.5. The van der Waals surface area contributed by atoms with Gasteiger partial charge < -0.3 is 20.1 Å². The zero-order chi connectivity index (χ0) is 22.0. The minimum absolute atomic E-state index is 0.0470. The number of hydrogen-bond acceptors (Lipinski definition) is 4. The number of hydrogen-bond donors (Lipinski definition) is 2. The van der Waals surface area contributed by atoms with E-state index in [1.807, 2.05) is 109 Å². The molecule has 5 nitrogen and oxygen atoms in total. The maximum Gasteiger partial charge on any atom is 0.262 e. The van der Waals surface area contributed by atoms with Gasteiger partial charge in [0.15, 0.2) is 6.61 Å². The molecule has 0 aliphatic heterocycles. The van der Waals surface area contributed by atoms with Gasteiger partial charge in [-0.05, 0) is 66.2 Å². The zero-order valence-electron chi connectivity index (χ0n) is 17.5. The van der Waals surface area contributed by atoms with Crippen LogP contribution in [0.2, 0.25) is 0 Å². The zero-order valence-corrected chi connectivity index (χ0v) is 17.5. The highest BCUT2D eigenvalue weighted by atomic mass is 16.5. The molecule has 4 aromatic carbocycles. The Morgan fingerprint density at radius 1 is 0.656 bits per heavy atom. The van der Waals surface area contributed by atoms with Gasteiger partial charge in [-0.2, -0.15) is 0 Å². The molecule has 0 unspecified atom stereocenters. The fraction of sp³-hybridized carbons (Fsp3) is 0.0741. The highest BCUT2D eigenvalue weighted by Crippen LogP contribution is 2.23. The minimum Gasteiger partial charge on any atom is -0.484 e. The molecule has 0 saturated carbocycles. The number of benzene rings is 4. The van der Waals surface area contributed by atoms with Gasteiger partial charge in [-0.25, -0.2) is 0 Å². The maximum atomic E-state index is 12.1. The first kappa shape index (κ1) is 21.0. The Bertz CT molecular complexity index is 1130. The van der Waals surface area contributed by atoms with Crippen LogP contribution in [0.5, 0.6) is 17.2 Å². The summed E-state index contributed by atoms with van der Waals surface area (Å²) in [4.78, 5) is 12.1. The van der Waals surface area contributed by atoms with Gasteiger partial charge in [0, 0.05) is 17.9 Å². The van der Waals surface area contributed by atoms with Crippen molar-refractivity contribution in [2.75, 3.05) is 17.2 Å². The Labute approximate surface area is 187 Å². The number of amides is 1. The SMILES string of the molecule is O=C(COc1cccc(CNc2ccc(Oc3ccccc3)cc2)c1)Nc1ccccc1. The molecule has 2 N–H and O–H groups in total. The van der Waals surface area contributed by atoms with Crippen LogP contribution in [-0.2, 0) is 11.3 Å². The highest BCUT2D eigenvalue weighted by Gasteiger charge is 2.04. The topological polar surface area (TPSA) is 59.6 Å². The summed E-state index contributed by atoms with van der Waals surface area (Å²) in [5.74, 6) is 2.05. The molecule has 32 heavy (non-hydrogen) atoms. The van der Waals surface area contributed by atoms with Crippen LogP contribution in [0.25, 0.3) is 0 Å². The van der Waals surface area contributed by atoms with E-state index in [1.165, 1.54) is 0 Å². The van der Waals surface area contributed by atoms with Crippen molar-refractivity contribution in [1.29, 1.82) is 0 Å². The molecular weight excluding hydrogens is 400 g/mol. The van der Waals surface area contributed by atoms with E-state index in [4.69, 9.17) is 9.47 Å². The quantitative estimate of drug-likeness (QED) is 0.340. The number of ether oxygens (including phenoxy) is 2. The average molecular weight is 425 g/mol. The standard InChI is InChI=1S/C27H24N2O3/c30-27(29-23-9-3-1-4-10-23)20-31-26-13-7-8-21(18-26)19-28-22-14-16-25(17-15-22)32-24-11-5-2-6-12-24/h1-18,28H,19-20H2,(H,29,30). The molecule has 0 spiro atoms. The van der Waals surface area contributed by atoms with Crippen molar-refractivity contribution in [3.8, 4) is 17.2 Å². The van der Waals surface area contributed by atoms with Crippen molar-refractivity contribution in [3.05, 3.63) is 115 Å². The summed E-state index contributed by atoms with van der Waals surface area (Å²) >= 11 is 0. The average Bonchev–Trinajstić information content (AvgIpc) is 2.84. The maximum absolute atomic E-state index is 12.1. The number of rotatable bonds is 9. The number of nitrogens with one attached hydrogen (secondary N) is 2. The second kappa shape index (κ2) is 10.7. The minimum atomic E-state index is -0.197. The van der Waals surface area contributed by atoms with Crippen LogP contribution in [0.1, 0.15) is 5.56 Å². The molecule has 0 heterocycles. The van der Waals surface area contributed by atoms with Gasteiger partial charge in [-0.3, -0.25) is 4.79 Å². The monoisotopic (exact) mass is 424 g/mol. The number of anilines is 2. The molecule has 0 aliphatic rings. The molecule has 160 valence electrons. The first-order valence-corrected chi connectivity index (χ1v) is 10.4. The van der Waals surface area contributed by atoms with Crippen molar-refractivity contribution in [3.63, 3.8) is 0 Å². The van der Waals surface area contributed by atoms with E-state index < -0.39 is 0 Å². The fourth-order valence-corrected chi connectivity index (χ4v) is 3.08. The molecule has 4 aromatic rings. The van der Waals surface area contributed by atoms with Gasteiger partial charge in [-0.15, -0.1) is 0 Å². The normalized spacial score (nSPS) is 10.2. The number of carbonyl (C=O) groups is 1. The van der Waals surface area contributed by atoms with Crippen LogP contribution in [0, 0.1) is 0 Å². The molecule has 0 aliphatic carbocycles. The highest BCUT2D eigenvalue weighted by molar-refractivity contribution is 5.91. The summed E-state index contributed by atoms with van der Waals surface area (Å²) in [5, 5.41) is 6.19. The van der Waals surface area contributed by atoms with Gasteiger partial charge in [-0.1, -0.05) is 48.5 Å². The van der Waals surface area contributed by atoms with E-state index in [9.17, 15) is 4.79 Å². The first-order valence-electron chi connectivity index (χ1n) is 10.4. The Hall–Kier alpha value is -4.25. The van der Waals surface area contributed by atoms with E-state index >= 15 is 0 Å². The molecule has 4 rings (SSSR count). The first-order chi connectivity index (χ1) is 15.7. The summed E-state index contributed by atoms with van der Waals surface area (Å²) in [5.41, 5.74) is 2.79. The molecule has 5 heteroatoms. The Kier molecular flexibility index (Phi) is 7.01. The lowest BCUT2D eigenvalue weighted by Gasteiger charge is -2.11. The number of carbonyl (C=O) groups excluding carboxylic acids is 1. The van der Waals surface area contributed by atoms with Gasteiger partial charge >= 0.3 is 0 Å². The molecule has 0 atom stereocenters. The Morgan fingerprint density at radius 3 is 2.06 bits per heavy atom. The lowest BCUT2D eigenvalue weighted by atomic mass is 10.2. The van der Waals surface area contributed by atoms with Crippen LogP contribution >= 0.6 is 0 Å². The molecule has 1 amide bonds. The predicted molar refractivity (Wildman–Crippen MR) is 127 cm³/mol. The van der Waals surface area contributed by atoms with E-state index in [1.54, 1.807) is 0 Å². The lowest BCUT2D eigenvalue weighted by molar-refractivity contribution is -0.118. The molecule has 0 aromatic heterocycles. The van der Waals surface area contributed by atoms with Crippen molar-refractivity contribution in [2.45, 2.75) is 6.54 Å². The molecule has 0 fully saturated rings. The summed E-state index contributed by atoms with van der Waals surface area (Å²) in [6, 6.07) is 34.5. The third-order valence-corrected chi connectivity index (χ3v) is 4.66. The Morgan fingerprint density at radius 2 is 1.31 bits per heavy atom. The van der Waals surface area contributed by atoms with Gasteiger partial charge in [0.2, 0.25) is 0 Å². The van der Waals surface area contributed by atoms with Crippen LogP contribution in [0.15, 0.2) is 109 Å². The second-order valence-corrected chi connectivity index (χ2v) is 7.14. The molecule has 0 saturated heterocycles. The van der Waals surface area contributed by atoms with Gasteiger partial charge in [0.05, 0.1) is 0 Å². The van der Waals surface area contributed by atoms with Gasteiger partial charge in [0.25, 0.3) is 5.91 Å². The van der Waals surface area contributed by atoms with E-state index in [2.05, 4.69) is 10.6 Å². The van der Waals surface area contributed by atoms with Crippen LogP contribution < -0.4 is 20.1 Å². The third-order valence-electron chi connectivity index (χ3n) is 4.66. The Balaban J connectivity index is 1.26. The van der Waals surface area contributed by atoms with Crippen LogP contribution in [0.3, 0.4) is 0 Å². The molecular formula is C27H24N2O3. The fourth-order valence-electron chi connectivity index (χ4n) is 3.08. The molecule has 0 bridgehead atoms. The van der Waals surface area contributed by atoms with Crippen molar-refractivity contribution in [2.24, 2.45) is 0 Å². The predicted octanol–water partition coefficient (Wildman–Crippen LogP) is 6.11. The largest absolute Gasteiger partial charge is 0.484 e. The van der Waals surface area contributed by atoms with E-state index in [-0.39, 0.29) is 12.5 Å². The van der Waals surface area contributed by atoms with Crippen molar-refractivity contribution >= 4 is 17.3 Å². The summed E-state index contributed by atoms with van der Waals surface area (Å²) in [6.45, 7) is 0.584. The van der Waals surface area contributed by atoms with E-state index in [0.717, 1.165) is 28.4 Å². The lowest BCUT2D eigenvalue weighted by Crippen LogP contribution is -2.20. The molecule has 0 radical (unpaired) electrons. The third kappa shape index (κ3) is 6.37. The van der Waals surface area contributed by atoms with Crippen molar-refractivity contribution < 1.29 is 14.3 Å². The van der Waals surface area contributed by atoms with Crippen molar-refractivity contribution in [1.82, 2.24) is 0 Å². The smallest absolute Gasteiger partial charge is 0.262 e. The number of para-hydroxylation sites is 2. The summed E-state index contributed by atoms with van der Waals surface area (Å²) in [6.07, 6.45) is 0.